The first-order valence-corrected chi connectivity index (χ1v) is 13.4. The van der Waals surface area contributed by atoms with E-state index < -0.39 is 0 Å². The summed E-state index contributed by atoms with van der Waals surface area (Å²) in [6.45, 7) is 4.30. The molecule has 7 nitrogen and oxygen atoms in total. The van der Waals surface area contributed by atoms with Crippen LogP contribution in [0.4, 0.5) is 11.6 Å². The molecule has 3 aromatic heterocycles. The van der Waals surface area contributed by atoms with Crippen LogP contribution in [0.5, 0.6) is 0 Å². The fraction of sp³-hybridized carbons (Fsp3) is 0.161. The molecule has 0 atom stereocenters. The van der Waals surface area contributed by atoms with Gasteiger partial charge in [0.15, 0.2) is 0 Å². The Kier molecular flexibility index (Phi) is 6.92. The van der Waals surface area contributed by atoms with Crippen LogP contribution in [-0.4, -0.2) is 32.6 Å². The van der Waals surface area contributed by atoms with E-state index in [1.165, 1.54) is 11.1 Å². The molecule has 2 N–H and O–H groups in total. The molecule has 1 aliphatic heterocycles. The van der Waals surface area contributed by atoms with Crippen molar-refractivity contribution in [2.75, 3.05) is 18.4 Å². The summed E-state index contributed by atoms with van der Waals surface area (Å²) in [5.41, 5.74) is 6.97. The van der Waals surface area contributed by atoms with E-state index in [0.29, 0.717) is 34.3 Å². The molecule has 2 aromatic carbocycles. The zero-order valence-corrected chi connectivity index (χ0v) is 22.2. The fourth-order valence-electron chi connectivity index (χ4n) is 4.93. The van der Waals surface area contributed by atoms with E-state index >= 15 is 0 Å². The molecular weight excluding hydrogens is 508 g/mol. The molecule has 0 saturated carbocycles. The minimum Gasteiger partial charge on any atom is -0.324 e. The number of pyridine rings is 2. The molecule has 1 aliphatic rings. The van der Waals surface area contributed by atoms with Gasteiger partial charge in [0.05, 0.1) is 0 Å². The van der Waals surface area contributed by atoms with Gasteiger partial charge in [-0.05, 0) is 66.9 Å². The lowest BCUT2D eigenvalue weighted by molar-refractivity contribution is 0.738. The van der Waals surface area contributed by atoms with E-state index in [0.717, 1.165) is 41.7 Å². The molecule has 0 amide bonds. The standard InChI is InChI=1S/C31H27ClN6O/c1-2-38-29-24(16-27(30(38)39)26-10-7-22(17-28(26)32)23-4-3-13-34-18-23)19-35-31(37-29)36-25-8-5-20(6-9-25)21-11-14-33-15-12-21/h3-11,13,16-19,33H,2,12,14-15H2,1H3,(H,35,36,37). The Morgan fingerprint density at radius 3 is 2.56 bits per heavy atom. The maximum Gasteiger partial charge on any atom is 0.260 e. The highest BCUT2D eigenvalue weighted by atomic mass is 35.5. The largest absolute Gasteiger partial charge is 0.324 e. The number of fused-ring (bicyclic) bond motifs is 1. The highest BCUT2D eigenvalue weighted by molar-refractivity contribution is 6.33. The number of hydrogen-bond acceptors (Lipinski definition) is 6. The summed E-state index contributed by atoms with van der Waals surface area (Å²) in [5.74, 6) is 0.435. The van der Waals surface area contributed by atoms with Gasteiger partial charge in [0, 0.05) is 64.5 Å². The number of anilines is 2. The smallest absolute Gasteiger partial charge is 0.260 e. The number of nitrogens with zero attached hydrogens (tertiary/aromatic N) is 4. The normalized spacial score (nSPS) is 13.3. The first kappa shape index (κ1) is 25.0. The van der Waals surface area contributed by atoms with Gasteiger partial charge in [-0.25, -0.2) is 4.98 Å². The average Bonchev–Trinajstić information content (AvgIpc) is 2.98. The third-order valence-electron chi connectivity index (χ3n) is 6.97. The number of aryl methyl sites for hydroxylation is 1. The van der Waals surface area contributed by atoms with Crippen molar-refractivity contribution < 1.29 is 0 Å². The summed E-state index contributed by atoms with van der Waals surface area (Å²) < 4.78 is 1.66. The highest BCUT2D eigenvalue weighted by Crippen LogP contribution is 2.32. The number of benzene rings is 2. The number of aromatic nitrogens is 4. The predicted molar refractivity (Wildman–Crippen MR) is 158 cm³/mol. The van der Waals surface area contributed by atoms with E-state index in [1.54, 1.807) is 23.2 Å². The minimum absolute atomic E-state index is 0.148. The van der Waals surface area contributed by atoms with Gasteiger partial charge in [-0.3, -0.25) is 14.3 Å². The van der Waals surface area contributed by atoms with Gasteiger partial charge in [-0.2, -0.15) is 4.98 Å². The lowest BCUT2D eigenvalue weighted by Gasteiger charge is -2.15. The first-order chi connectivity index (χ1) is 19.1. The first-order valence-electron chi connectivity index (χ1n) is 13.0. The number of halogens is 1. The maximum absolute atomic E-state index is 13.6. The van der Waals surface area contributed by atoms with Gasteiger partial charge < -0.3 is 10.6 Å². The molecule has 0 fully saturated rings. The molecule has 4 heterocycles. The monoisotopic (exact) mass is 534 g/mol. The molecule has 8 heteroatoms. The second-order valence-corrected chi connectivity index (χ2v) is 9.81. The maximum atomic E-state index is 13.6. The lowest BCUT2D eigenvalue weighted by atomic mass is 10.0. The molecule has 39 heavy (non-hydrogen) atoms. The number of rotatable bonds is 6. The van der Waals surface area contributed by atoms with Crippen LogP contribution in [0.3, 0.4) is 0 Å². The van der Waals surface area contributed by atoms with Crippen molar-refractivity contribution in [3.63, 3.8) is 0 Å². The second kappa shape index (κ2) is 10.8. The van der Waals surface area contributed by atoms with Crippen LogP contribution in [-0.2, 0) is 6.54 Å². The van der Waals surface area contributed by atoms with Gasteiger partial charge in [0.25, 0.3) is 5.56 Å². The average molecular weight is 535 g/mol. The molecule has 0 aliphatic carbocycles. The van der Waals surface area contributed by atoms with E-state index in [4.69, 9.17) is 16.6 Å². The van der Waals surface area contributed by atoms with Crippen molar-refractivity contribution in [1.82, 2.24) is 24.8 Å². The van der Waals surface area contributed by atoms with Crippen LogP contribution in [0.2, 0.25) is 5.02 Å². The third-order valence-corrected chi connectivity index (χ3v) is 7.29. The Labute approximate surface area is 231 Å². The molecule has 5 aromatic rings. The van der Waals surface area contributed by atoms with Crippen molar-refractivity contribution in [3.05, 3.63) is 106 Å². The predicted octanol–water partition coefficient (Wildman–Crippen LogP) is 6.31. The van der Waals surface area contributed by atoms with E-state index in [-0.39, 0.29) is 5.56 Å². The highest BCUT2D eigenvalue weighted by Gasteiger charge is 2.16. The van der Waals surface area contributed by atoms with Crippen molar-refractivity contribution in [3.8, 4) is 22.3 Å². The van der Waals surface area contributed by atoms with Crippen molar-refractivity contribution in [2.24, 2.45) is 0 Å². The molecule has 0 spiro atoms. The van der Waals surface area contributed by atoms with Crippen molar-refractivity contribution in [1.29, 1.82) is 0 Å². The molecule has 0 saturated heterocycles. The van der Waals surface area contributed by atoms with Crippen LogP contribution in [0.15, 0.2) is 90.1 Å². The Morgan fingerprint density at radius 1 is 1.00 bits per heavy atom. The molecule has 0 bridgehead atoms. The Balaban J connectivity index is 1.32. The molecule has 0 unspecified atom stereocenters. The Morgan fingerprint density at radius 2 is 1.85 bits per heavy atom. The fourth-order valence-corrected chi connectivity index (χ4v) is 5.22. The van der Waals surface area contributed by atoms with Crippen molar-refractivity contribution >= 4 is 39.8 Å². The van der Waals surface area contributed by atoms with Crippen LogP contribution >= 0.6 is 11.6 Å². The molecule has 0 radical (unpaired) electrons. The second-order valence-electron chi connectivity index (χ2n) is 9.40. The van der Waals surface area contributed by atoms with Gasteiger partial charge >= 0.3 is 0 Å². The summed E-state index contributed by atoms with van der Waals surface area (Å²) >= 11 is 6.69. The van der Waals surface area contributed by atoms with Gasteiger partial charge in [-0.1, -0.05) is 48.0 Å². The van der Waals surface area contributed by atoms with Crippen molar-refractivity contribution in [2.45, 2.75) is 19.9 Å². The quantitative estimate of drug-likeness (QED) is 0.265. The number of nitrogens with one attached hydrogen (secondary N) is 2. The Hall–Kier alpha value is -4.33. The topological polar surface area (TPSA) is 84.7 Å². The molecule has 194 valence electrons. The van der Waals surface area contributed by atoms with Crippen LogP contribution in [0.1, 0.15) is 18.9 Å². The summed E-state index contributed by atoms with van der Waals surface area (Å²) in [6.07, 6.45) is 8.52. The third kappa shape index (κ3) is 5.06. The summed E-state index contributed by atoms with van der Waals surface area (Å²) in [5, 5.41) is 7.88. The van der Waals surface area contributed by atoms with Crippen LogP contribution in [0, 0.1) is 0 Å². The van der Waals surface area contributed by atoms with Crippen LogP contribution < -0.4 is 16.2 Å². The zero-order valence-electron chi connectivity index (χ0n) is 21.5. The lowest BCUT2D eigenvalue weighted by Crippen LogP contribution is -2.22. The molecule has 6 rings (SSSR count). The Bertz CT molecular complexity index is 1750. The summed E-state index contributed by atoms with van der Waals surface area (Å²) in [6, 6.07) is 19.6. The minimum atomic E-state index is -0.148. The van der Waals surface area contributed by atoms with E-state index in [9.17, 15) is 4.79 Å². The van der Waals surface area contributed by atoms with Gasteiger partial charge in [0.1, 0.15) is 5.65 Å². The van der Waals surface area contributed by atoms with Gasteiger partial charge in [-0.15, -0.1) is 0 Å². The van der Waals surface area contributed by atoms with Gasteiger partial charge in [0.2, 0.25) is 5.95 Å². The SMILES string of the molecule is CCn1c(=O)c(-c2ccc(-c3cccnc3)cc2Cl)cc2cnc(Nc3ccc(C4=CCNCC4)cc3)nc21. The van der Waals surface area contributed by atoms with Crippen LogP contribution in [0.25, 0.3) is 38.9 Å². The summed E-state index contributed by atoms with van der Waals surface area (Å²) in [4.78, 5) is 27.0. The van der Waals surface area contributed by atoms with E-state index in [1.807, 2.05) is 55.5 Å². The summed E-state index contributed by atoms with van der Waals surface area (Å²) in [7, 11) is 0. The zero-order chi connectivity index (χ0) is 26.8. The van der Waals surface area contributed by atoms with E-state index in [2.05, 4.69) is 38.8 Å². The molecular formula is C31H27ClN6O. The number of hydrogen-bond donors (Lipinski definition) is 2.